The number of rotatable bonds is 47. The Morgan fingerprint density at radius 1 is 0.519 bits per heavy atom. The lowest BCUT2D eigenvalue weighted by atomic mass is 9.81. The van der Waals surface area contributed by atoms with Crippen molar-refractivity contribution in [3.63, 3.8) is 0 Å². The molecule has 2 aromatic heterocycles. The number of nitrogens with one attached hydrogen (secondary N) is 2. The standard InChI is InChI=1S/C86H116N11O27P3S4/c1-11-93-66-41-37-58(128(107,108)109)51-62(66)83(3,4)71(93)31-20-17-21-32-73-85(7,8)64-53-60(130(113,114)115)39-43-68(64)95(73)47-26-18-22-35-75(98)88-45-24-13-15-28-49-119-79-70(122-82(78(79)100)97-57-92-77-80(87)90-56-91-81(77)97)55-121-126(103,104)124-127(105,106)123-125(101,102)120-50-29-16-14-25-46-89-76(99)36-23-19-27-48-96-69-44-40-61(131(116,117)118)54-65(69)86(9,10)74(96)34-30-33-72-84(5,6)63-52-59(129(110,111)112)38-42-67(63)94(72)12-2/h17,20-21,30-34,37-44,51-54,56-57,70,78-79,82,100H,11-16,18-19,22-29,35-36,45-50,55H2,1-10H3,(H9-2,87,88,89,90,91,98,99,101,102,103,104,105,106,107,108,109,110,111,112,113,114,115,116,117,118)/p+2/t70-,78-,79-,82-/m1/s1. The van der Waals surface area contributed by atoms with Crippen LogP contribution in [0.2, 0.25) is 0 Å². The van der Waals surface area contributed by atoms with Gasteiger partial charge in [-0.15, -0.1) is 0 Å². The Morgan fingerprint density at radius 2 is 0.947 bits per heavy atom. The van der Waals surface area contributed by atoms with Crippen molar-refractivity contribution < 1.29 is 131 Å². The maximum atomic E-state index is 13.3. The first-order valence-electron chi connectivity index (χ1n) is 43.2. The molecule has 7 heterocycles. The van der Waals surface area contributed by atoms with Crippen LogP contribution in [0.5, 0.6) is 0 Å². The summed E-state index contributed by atoms with van der Waals surface area (Å²) in [4.78, 5) is 73.2. The van der Waals surface area contributed by atoms with Gasteiger partial charge in [0.25, 0.3) is 40.5 Å². The van der Waals surface area contributed by atoms with Gasteiger partial charge in [-0.3, -0.25) is 41.4 Å². The van der Waals surface area contributed by atoms with E-state index in [1.54, 1.807) is 24.3 Å². The van der Waals surface area contributed by atoms with Crippen LogP contribution in [0.1, 0.15) is 200 Å². The van der Waals surface area contributed by atoms with Gasteiger partial charge < -0.3 is 55.4 Å². The van der Waals surface area contributed by atoms with Crippen molar-refractivity contribution >= 4 is 127 Å². The Hall–Kier alpha value is -8.26. The zero-order valence-electron chi connectivity index (χ0n) is 74.7. The number of aromatic nitrogens is 4. The Bertz CT molecular complexity index is 6170. The second-order valence-electron chi connectivity index (χ2n) is 34.7. The zero-order chi connectivity index (χ0) is 95.8. The summed E-state index contributed by atoms with van der Waals surface area (Å²) in [7, 11) is -35.0. The lowest BCUT2D eigenvalue weighted by Crippen LogP contribution is -2.36. The topological polar surface area (TPSA) is 545 Å². The molecule has 6 aromatic rings. The summed E-state index contributed by atoms with van der Waals surface area (Å²) < 4.78 is 213. The number of hydrogen-bond acceptors (Lipinski definition) is 26. The molecule has 3 unspecified atom stereocenters. The van der Waals surface area contributed by atoms with E-state index in [2.05, 4.69) is 53.2 Å². The summed E-state index contributed by atoms with van der Waals surface area (Å²) in [5.41, 5.74) is 13.2. The molecular weight excluding hydrogens is 1840 g/mol. The number of nitrogens with zero attached hydrogens (tertiary/aromatic N) is 8. The van der Waals surface area contributed by atoms with E-state index in [1.807, 2.05) is 118 Å². The number of benzene rings is 4. The molecule has 5 aliphatic rings. The van der Waals surface area contributed by atoms with Gasteiger partial charge in [-0.25, -0.2) is 28.6 Å². The maximum absolute atomic E-state index is 13.3. The highest BCUT2D eigenvalue weighted by atomic mass is 32.2. The van der Waals surface area contributed by atoms with Gasteiger partial charge in [0, 0.05) is 127 Å². The van der Waals surface area contributed by atoms with Crippen LogP contribution in [0.15, 0.2) is 165 Å². The predicted octanol–water partition coefficient (Wildman–Crippen LogP) is 13.1. The van der Waals surface area contributed by atoms with Crippen molar-refractivity contribution in [2.75, 3.05) is 74.6 Å². The fraction of sp³-hybridized carbons (Fsp3) is 0.500. The number of nitrogen functional groups attached to an aromatic ring is 1. The fourth-order valence-electron chi connectivity index (χ4n) is 17.5. The van der Waals surface area contributed by atoms with Crippen molar-refractivity contribution in [1.29, 1.82) is 0 Å². The molecule has 0 saturated carbocycles. The van der Waals surface area contributed by atoms with Gasteiger partial charge >= 0.3 is 23.5 Å². The highest BCUT2D eigenvalue weighted by molar-refractivity contribution is 7.86. The normalized spacial score (nSPS) is 20.8. The smallest absolute Gasteiger partial charge is 0.386 e. The Labute approximate surface area is 763 Å². The van der Waals surface area contributed by atoms with Crippen molar-refractivity contribution in [3.05, 3.63) is 168 Å². The molecule has 1 saturated heterocycles. The van der Waals surface area contributed by atoms with Crippen LogP contribution in [0.3, 0.4) is 0 Å². The molecule has 1 fully saturated rings. The molecule has 7 atom stereocenters. The number of amides is 2. The monoisotopic (exact) mass is 1960 g/mol. The van der Waals surface area contributed by atoms with E-state index in [4.69, 9.17) is 24.3 Å². The predicted molar refractivity (Wildman–Crippen MR) is 489 cm³/mol. The molecule has 0 aliphatic carbocycles. The minimum absolute atomic E-state index is 0.0134. The van der Waals surface area contributed by atoms with Gasteiger partial charge in [0.1, 0.15) is 43.2 Å². The van der Waals surface area contributed by atoms with Crippen molar-refractivity contribution in [3.8, 4) is 0 Å². The van der Waals surface area contributed by atoms with Crippen molar-refractivity contribution in [1.82, 2.24) is 30.2 Å². The molecular formula is C86H118N11O27P3S4+2. The molecule has 716 valence electrons. The Balaban J connectivity index is 0.584. The highest BCUT2D eigenvalue weighted by Gasteiger charge is 2.51. The summed E-state index contributed by atoms with van der Waals surface area (Å²) in [5.74, 6) is -0.307. The second-order valence-corrected chi connectivity index (χ2v) is 45.0. The highest BCUT2D eigenvalue weighted by Crippen LogP contribution is 2.68. The number of aliphatic hydroxyl groups is 1. The number of imidazole rings is 1. The van der Waals surface area contributed by atoms with Crippen LogP contribution < -0.4 is 26.2 Å². The summed E-state index contributed by atoms with van der Waals surface area (Å²) in [5, 5.41) is 17.6. The first-order chi connectivity index (χ1) is 61.3. The van der Waals surface area contributed by atoms with E-state index in [0.29, 0.717) is 134 Å². The summed E-state index contributed by atoms with van der Waals surface area (Å²) in [6, 6.07) is 18.1. The molecule has 2 amide bonds. The van der Waals surface area contributed by atoms with Crippen LogP contribution in [-0.2, 0) is 113 Å². The fourth-order valence-corrected chi connectivity index (χ4v) is 23.1. The van der Waals surface area contributed by atoms with E-state index in [0.717, 1.165) is 63.0 Å². The molecule has 0 spiro atoms. The number of carbonyl (C=O) groups is 2. The number of hydrogen-bond donors (Lipinski definition) is 11. The lowest BCUT2D eigenvalue weighted by Gasteiger charge is -2.25. The number of aliphatic hydroxyl groups excluding tert-OH is 1. The van der Waals surface area contributed by atoms with Crippen molar-refractivity contribution in [2.24, 2.45) is 0 Å². The molecule has 5 aliphatic heterocycles. The average molecular weight is 1960 g/mol. The minimum Gasteiger partial charge on any atom is -0.386 e. The zero-order valence-corrected chi connectivity index (χ0v) is 80.6. The number of anilines is 3. The molecule has 38 nitrogen and oxygen atoms in total. The number of phosphoric acid groups is 3. The van der Waals surface area contributed by atoms with Gasteiger partial charge in [-0.2, -0.15) is 51.4 Å². The molecule has 0 bridgehead atoms. The first-order valence-corrected chi connectivity index (χ1v) is 53.5. The lowest BCUT2D eigenvalue weighted by molar-refractivity contribution is -0.438. The number of carbonyl (C=O) groups excluding carboxylic acids is 2. The third kappa shape index (κ3) is 24.7. The van der Waals surface area contributed by atoms with Crippen LogP contribution in [0.4, 0.5) is 28.6 Å². The molecule has 0 radical (unpaired) electrons. The first kappa shape index (κ1) is 103. The number of nitrogens with two attached hydrogens (primary N) is 1. The van der Waals surface area contributed by atoms with Gasteiger partial charge in [-0.05, 0) is 177 Å². The quantitative estimate of drug-likeness (QED) is 0.00556. The summed E-state index contributed by atoms with van der Waals surface area (Å²) in [6.07, 6.45) is 20.3. The number of fused-ring (bicyclic) bond motifs is 5. The van der Waals surface area contributed by atoms with E-state index in [1.165, 1.54) is 59.4 Å². The average Bonchev–Trinajstić information content (AvgIpc) is 1.59. The Kier molecular flexibility index (Phi) is 33.0. The third-order valence-electron chi connectivity index (χ3n) is 24.2. The van der Waals surface area contributed by atoms with Crippen LogP contribution in [-0.4, -0.2) is 201 Å². The van der Waals surface area contributed by atoms with Gasteiger partial charge in [0.15, 0.2) is 29.1 Å². The van der Waals surface area contributed by atoms with E-state index >= 15 is 0 Å². The van der Waals surface area contributed by atoms with E-state index in [9.17, 15) is 95.0 Å². The van der Waals surface area contributed by atoms with E-state index < -0.39 is 123 Å². The van der Waals surface area contributed by atoms with Crippen molar-refractivity contribution in [2.45, 2.75) is 238 Å². The van der Waals surface area contributed by atoms with Gasteiger partial charge in [0.05, 0.1) is 50.0 Å². The molecule has 12 N–H and O–H groups in total. The number of unbranched alkanes of at least 4 members (excludes halogenated alkanes) is 10. The minimum atomic E-state index is -5.93. The summed E-state index contributed by atoms with van der Waals surface area (Å²) in [6.45, 7) is 21.2. The molecule has 11 rings (SSSR count). The SMILES string of the molecule is CCN1/C(=C/C=C/C=C/C2=[N+](CCCCCC(=O)NCCCCCCO[C@H]3[C@@H](O)[C@H](n4cnc5c(N)ncnc54)O[C@@H]3COP(=O)(O)OP(=O)(O)OP(=O)(O)OCCCCCCNC(=O)CCCCC[N+]3=C(/C=C/C=C4/N(CC)c5ccc(S(=O)(=O)O)cc5C4(C)C)C(C)(C)c4cc(S(=O)(=O)O)ccc43)c3ccc(S(=O)(=O)O)cc3C2(C)C)C(C)(C)c2cc(S(=O)(=O)O)ccc21. The number of ether oxygens (including phenoxy) is 2. The van der Waals surface area contributed by atoms with Crippen LogP contribution >= 0.6 is 23.5 Å². The second kappa shape index (κ2) is 41.9. The largest absolute Gasteiger partial charge is 0.490 e. The molecule has 4 aromatic carbocycles. The Morgan fingerprint density at radius 3 is 1.42 bits per heavy atom. The molecule has 131 heavy (non-hydrogen) atoms. The number of allylic oxidation sites excluding steroid dienone is 10. The number of phosphoric ester groups is 2. The van der Waals surface area contributed by atoms with Gasteiger partial charge in [-0.1, -0.05) is 77.7 Å². The van der Waals surface area contributed by atoms with Crippen LogP contribution in [0, 0.1) is 0 Å². The number of likely N-dealkylation sites (N-methyl/N-ethyl adjacent to an activating group) is 2. The molecule has 45 heteroatoms. The van der Waals surface area contributed by atoms with E-state index in [-0.39, 0.29) is 74.2 Å². The van der Waals surface area contributed by atoms with Gasteiger partial charge in [0.2, 0.25) is 23.2 Å². The van der Waals surface area contributed by atoms with Crippen LogP contribution in [0.25, 0.3) is 11.2 Å². The maximum Gasteiger partial charge on any atom is 0.490 e. The summed E-state index contributed by atoms with van der Waals surface area (Å²) >= 11 is 0. The third-order valence-corrected chi connectivity index (χ3v) is 31.9.